The maximum atomic E-state index is 6.63. The van der Waals surface area contributed by atoms with Crippen molar-refractivity contribution in [2.75, 3.05) is 0 Å². The van der Waals surface area contributed by atoms with E-state index in [2.05, 4.69) is 19.9 Å². The van der Waals surface area contributed by atoms with Crippen molar-refractivity contribution in [3.05, 3.63) is 21.4 Å². The second-order valence-corrected chi connectivity index (χ2v) is 7.04. The van der Waals surface area contributed by atoms with Gasteiger partial charge in [0.1, 0.15) is 0 Å². The van der Waals surface area contributed by atoms with Crippen LogP contribution in [0.5, 0.6) is 0 Å². The largest absolute Gasteiger partial charge is 0.146 e. The van der Waals surface area contributed by atoms with Gasteiger partial charge < -0.3 is 0 Å². The number of thiophene rings is 1. The summed E-state index contributed by atoms with van der Waals surface area (Å²) in [4.78, 5) is 2.83. The third kappa shape index (κ3) is 1.55. The topological polar surface area (TPSA) is 0 Å². The Morgan fingerprint density at radius 3 is 2.53 bits per heavy atom. The maximum Gasteiger partial charge on any atom is 0.0629 e. The normalized spacial score (nSPS) is 35.3. The molecule has 3 rings (SSSR count). The minimum Gasteiger partial charge on any atom is -0.146 e. The Hall–Kier alpha value is -0.0100. The SMILES string of the molecule is Cc1cc(C(Cl)C2C3CCCC32)c(C)s1. The van der Waals surface area contributed by atoms with Gasteiger partial charge in [-0.15, -0.1) is 22.9 Å². The number of halogens is 1. The zero-order valence-electron chi connectivity index (χ0n) is 9.29. The molecular formula is C13H17ClS. The average Bonchev–Trinajstić information content (AvgIpc) is 2.58. The molecule has 2 heteroatoms. The molecule has 0 saturated heterocycles. The molecule has 0 nitrogen and oxygen atoms in total. The molecule has 0 bridgehead atoms. The second-order valence-electron chi connectivity index (χ2n) is 5.11. The fourth-order valence-electron chi connectivity index (χ4n) is 3.44. The van der Waals surface area contributed by atoms with Crippen LogP contribution in [0, 0.1) is 31.6 Å². The molecule has 0 aliphatic heterocycles. The Morgan fingerprint density at radius 2 is 2.00 bits per heavy atom. The van der Waals surface area contributed by atoms with E-state index in [1.54, 1.807) is 0 Å². The Labute approximate surface area is 101 Å². The Balaban J connectivity index is 1.80. The van der Waals surface area contributed by atoms with E-state index in [0.29, 0.717) is 5.38 Å². The fraction of sp³-hybridized carbons (Fsp3) is 0.692. The van der Waals surface area contributed by atoms with Crippen molar-refractivity contribution in [3.8, 4) is 0 Å². The lowest BCUT2D eigenvalue weighted by atomic mass is 10.0. The van der Waals surface area contributed by atoms with Gasteiger partial charge in [0.2, 0.25) is 0 Å². The summed E-state index contributed by atoms with van der Waals surface area (Å²) in [5.74, 6) is 2.73. The van der Waals surface area contributed by atoms with Crippen LogP contribution in [-0.4, -0.2) is 0 Å². The number of fused-ring (bicyclic) bond motifs is 1. The van der Waals surface area contributed by atoms with Crippen LogP contribution in [0.25, 0.3) is 0 Å². The number of rotatable bonds is 2. The van der Waals surface area contributed by atoms with E-state index in [4.69, 9.17) is 11.6 Å². The number of alkyl halides is 1. The first kappa shape index (κ1) is 10.2. The van der Waals surface area contributed by atoms with Gasteiger partial charge in [-0.25, -0.2) is 0 Å². The number of hydrogen-bond donors (Lipinski definition) is 0. The summed E-state index contributed by atoms with van der Waals surface area (Å²) in [5.41, 5.74) is 1.42. The molecule has 1 aromatic heterocycles. The van der Waals surface area contributed by atoms with Gasteiger partial charge in [-0.2, -0.15) is 0 Å². The quantitative estimate of drug-likeness (QED) is 0.658. The van der Waals surface area contributed by atoms with Crippen LogP contribution < -0.4 is 0 Å². The van der Waals surface area contributed by atoms with Gasteiger partial charge in [0.25, 0.3) is 0 Å². The molecule has 82 valence electrons. The highest BCUT2D eigenvalue weighted by Crippen LogP contribution is 2.64. The summed E-state index contributed by atoms with van der Waals surface area (Å²) < 4.78 is 0. The van der Waals surface area contributed by atoms with E-state index in [1.807, 2.05) is 11.3 Å². The van der Waals surface area contributed by atoms with Crippen molar-refractivity contribution in [3.63, 3.8) is 0 Å². The lowest BCUT2D eigenvalue weighted by Gasteiger charge is -2.11. The van der Waals surface area contributed by atoms with Gasteiger partial charge in [-0.1, -0.05) is 6.42 Å². The van der Waals surface area contributed by atoms with Crippen LogP contribution in [0.3, 0.4) is 0 Å². The Kier molecular flexibility index (Phi) is 2.37. The average molecular weight is 241 g/mol. The summed E-state index contributed by atoms with van der Waals surface area (Å²) in [6.45, 7) is 4.39. The molecular weight excluding hydrogens is 224 g/mol. The highest BCUT2D eigenvalue weighted by atomic mass is 35.5. The van der Waals surface area contributed by atoms with Gasteiger partial charge >= 0.3 is 0 Å². The van der Waals surface area contributed by atoms with Crippen molar-refractivity contribution in [2.24, 2.45) is 17.8 Å². The molecule has 0 N–H and O–H groups in total. The molecule has 2 fully saturated rings. The van der Waals surface area contributed by atoms with E-state index in [0.717, 1.165) is 17.8 Å². The van der Waals surface area contributed by atoms with E-state index in [9.17, 15) is 0 Å². The number of aryl methyl sites for hydroxylation is 2. The monoisotopic (exact) mass is 240 g/mol. The maximum absolute atomic E-state index is 6.63. The van der Waals surface area contributed by atoms with Gasteiger partial charge in [0.05, 0.1) is 5.38 Å². The predicted octanol–water partition coefficient (Wildman–Crippen LogP) is 4.69. The molecule has 1 aromatic rings. The molecule has 2 aliphatic rings. The third-order valence-electron chi connectivity index (χ3n) is 4.19. The molecule has 0 spiro atoms. The summed E-state index contributed by atoms with van der Waals surface area (Å²) in [5, 5.41) is 0.297. The molecule has 0 aromatic carbocycles. The van der Waals surface area contributed by atoms with Crippen molar-refractivity contribution in [2.45, 2.75) is 38.5 Å². The third-order valence-corrected chi connectivity index (χ3v) is 5.69. The van der Waals surface area contributed by atoms with E-state index in [-0.39, 0.29) is 0 Å². The summed E-state index contributed by atoms with van der Waals surface area (Å²) in [7, 11) is 0. The molecule has 1 heterocycles. The standard InChI is InChI=1S/C13H17ClS/c1-7-6-11(8(2)15-7)13(14)12-9-4-3-5-10(9)12/h6,9-10,12-13H,3-5H2,1-2H3. The van der Waals surface area contributed by atoms with Crippen molar-refractivity contribution < 1.29 is 0 Å². The first-order chi connectivity index (χ1) is 7.18. The molecule has 3 unspecified atom stereocenters. The second kappa shape index (κ2) is 3.49. The van der Waals surface area contributed by atoms with Gasteiger partial charge in [-0.05, 0) is 56.1 Å². The van der Waals surface area contributed by atoms with Gasteiger partial charge in [-0.3, -0.25) is 0 Å². The highest BCUT2D eigenvalue weighted by Gasteiger charge is 2.55. The first-order valence-corrected chi connectivity index (χ1v) is 7.15. The first-order valence-electron chi connectivity index (χ1n) is 5.89. The van der Waals surface area contributed by atoms with Crippen LogP contribution in [0.4, 0.5) is 0 Å². The molecule has 15 heavy (non-hydrogen) atoms. The summed E-state index contributed by atoms with van der Waals surface area (Å²) in [6, 6.07) is 2.30. The number of hydrogen-bond acceptors (Lipinski definition) is 1. The minimum absolute atomic E-state index is 0.297. The van der Waals surface area contributed by atoms with Crippen molar-refractivity contribution >= 4 is 22.9 Å². The lowest BCUT2D eigenvalue weighted by Crippen LogP contribution is -1.98. The highest BCUT2D eigenvalue weighted by molar-refractivity contribution is 7.12. The lowest BCUT2D eigenvalue weighted by molar-refractivity contribution is 0.573. The molecule has 0 radical (unpaired) electrons. The van der Waals surface area contributed by atoms with Gasteiger partial charge in [0.15, 0.2) is 0 Å². The van der Waals surface area contributed by atoms with Crippen molar-refractivity contribution in [1.29, 1.82) is 0 Å². The van der Waals surface area contributed by atoms with E-state index in [1.165, 1.54) is 34.6 Å². The zero-order valence-corrected chi connectivity index (χ0v) is 10.9. The van der Waals surface area contributed by atoms with Crippen LogP contribution in [0.1, 0.15) is 40.0 Å². The smallest absolute Gasteiger partial charge is 0.0629 e. The van der Waals surface area contributed by atoms with Crippen LogP contribution >= 0.6 is 22.9 Å². The van der Waals surface area contributed by atoms with Gasteiger partial charge in [0, 0.05) is 9.75 Å². The Bertz CT molecular complexity index is 372. The van der Waals surface area contributed by atoms with Crippen molar-refractivity contribution in [1.82, 2.24) is 0 Å². The fourth-order valence-corrected chi connectivity index (χ4v) is 5.08. The van der Waals surface area contributed by atoms with Crippen LogP contribution in [0.15, 0.2) is 6.07 Å². The van der Waals surface area contributed by atoms with E-state index >= 15 is 0 Å². The molecule has 2 aliphatic carbocycles. The van der Waals surface area contributed by atoms with Crippen LogP contribution in [0.2, 0.25) is 0 Å². The molecule has 3 atom stereocenters. The molecule has 0 amide bonds. The summed E-state index contributed by atoms with van der Waals surface area (Å²) >= 11 is 8.52. The zero-order chi connectivity index (χ0) is 10.6. The van der Waals surface area contributed by atoms with E-state index < -0.39 is 0 Å². The molecule has 2 saturated carbocycles. The summed E-state index contributed by atoms with van der Waals surface area (Å²) in [6.07, 6.45) is 4.30. The predicted molar refractivity (Wildman–Crippen MR) is 66.7 cm³/mol. The minimum atomic E-state index is 0.297. The van der Waals surface area contributed by atoms with Crippen LogP contribution in [-0.2, 0) is 0 Å². The Morgan fingerprint density at radius 1 is 1.33 bits per heavy atom.